The van der Waals surface area contributed by atoms with Crippen LogP contribution in [-0.4, -0.2) is 51.2 Å². The molecule has 2 aromatic rings. The number of piperidine rings is 1. The molecule has 1 aromatic heterocycles. The molecule has 164 valence electrons. The fourth-order valence-electron chi connectivity index (χ4n) is 3.62. The smallest absolute Gasteiger partial charge is 0.191 e. The maximum Gasteiger partial charge on any atom is 0.191 e. The number of aromatic nitrogens is 1. The first-order chi connectivity index (χ1) is 14.0. The number of benzene rings is 1. The van der Waals surface area contributed by atoms with Gasteiger partial charge in [0.2, 0.25) is 0 Å². The zero-order valence-electron chi connectivity index (χ0n) is 18.8. The molecule has 0 unspecified atom stereocenters. The Bertz CT molecular complexity index is 826. The Hall–Kier alpha value is -2.03. The summed E-state index contributed by atoms with van der Waals surface area (Å²) in [5.41, 5.74) is 5.01. The summed E-state index contributed by atoms with van der Waals surface area (Å²) in [4.78, 5) is 13.5. The number of rotatable bonds is 5. The lowest BCUT2D eigenvalue weighted by molar-refractivity contribution is 0.459. The minimum absolute atomic E-state index is 0. The molecule has 0 aliphatic carbocycles. The number of hydrogen-bond donors (Lipinski definition) is 2. The third kappa shape index (κ3) is 6.48. The van der Waals surface area contributed by atoms with Crippen molar-refractivity contribution < 1.29 is 0 Å². The maximum absolute atomic E-state index is 4.56. The minimum Gasteiger partial charge on any atom is -0.378 e. The van der Waals surface area contributed by atoms with Gasteiger partial charge in [-0.15, -0.1) is 24.0 Å². The Morgan fingerprint density at radius 2 is 1.90 bits per heavy atom. The number of nitrogens with zero attached hydrogens (tertiary/aromatic N) is 4. The zero-order chi connectivity index (χ0) is 20.8. The number of halogens is 1. The number of nitrogens with one attached hydrogen (secondary N) is 2. The van der Waals surface area contributed by atoms with Gasteiger partial charge in [-0.2, -0.15) is 0 Å². The summed E-state index contributed by atoms with van der Waals surface area (Å²) in [5, 5.41) is 7.06. The molecular weight excluding hydrogens is 487 g/mol. The molecule has 0 radical (unpaired) electrons. The van der Waals surface area contributed by atoms with Crippen molar-refractivity contribution >= 4 is 41.4 Å². The van der Waals surface area contributed by atoms with E-state index in [2.05, 4.69) is 88.7 Å². The minimum atomic E-state index is 0. The topological polar surface area (TPSA) is 55.8 Å². The number of aryl methyl sites for hydroxylation is 2. The number of anilines is 2. The van der Waals surface area contributed by atoms with E-state index in [0.29, 0.717) is 6.04 Å². The van der Waals surface area contributed by atoms with Gasteiger partial charge >= 0.3 is 0 Å². The van der Waals surface area contributed by atoms with Crippen molar-refractivity contribution in [3.63, 3.8) is 0 Å². The summed E-state index contributed by atoms with van der Waals surface area (Å²) in [6.45, 7) is 7.02. The first-order valence-electron chi connectivity index (χ1n) is 10.4. The van der Waals surface area contributed by atoms with E-state index in [4.69, 9.17) is 0 Å². The SMILES string of the molecule is CN=C(NCc1ccc(N(C)C)cc1C)NC1CCN(c2ccc(C)cn2)CC1.I. The van der Waals surface area contributed by atoms with Gasteiger partial charge in [0.05, 0.1) is 0 Å². The quantitative estimate of drug-likeness (QED) is 0.356. The van der Waals surface area contributed by atoms with Gasteiger partial charge in [0.25, 0.3) is 0 Å². The molecule has 3 rings (SSSR count). The predicted molar refractivity (Wildman–Crippen MR) is 138 cm³/mol. The molecule has 1 aliphatic rings. The van der Waals surface area contributed by atoms with Crippen LogP contribution >= 0.6 is 24.0 Å². The van der Waals surface area contributed by atoms with E-state index >= 15 is 0 Å². The van der Waals surface area contributed by atoms with Gasteiger partial charge in [-0.3, -0.25) is 4.99 Å². The van der Waals surface area contributed by atoms with Crippen LogP contribution in [0.5, 0.6) is 0 Å². The first kappa shape index (κ1) is 24.2. The maximum atomic E-state index is 4.56. The molecule has 30 heavy (non-hydrogen) atoms. The highest BCUT2D eigenvalue weighted by molar-refractivity contribution is 14.0. The molecule has 2 N–H and O–H groups in total. The van der Waals surface area contributed by atoms with Crippen LogP contribution in [0.3, 0.4) is 0 Å². The number of pyridine rings is 1. The molecule has 0 saturated carbocycles. The van der Waals surface area contributed by atoms with Crippen molar-refractivity contribution in [2.24, 2.45) is 4.99 Å². The van der Waals surface area contributed by atoms with Crippen molar-refractivity contribution in [3.05, 3.63) is 53.2 Å². The number of aliphatic imine (C=N–C) groups is 1. The van der Waals surface area contributed by atoms with E-state index in [0.717, 1.165) is 44.3 Å². The Morgan fingerprint density at radius 1 is 1.17 bits per heavy atom. The van der Waals surface area contributed by atoms with Crippen LogP contribution in [0.1, 0.15) is 29.5 Å². The third-order valence-corrected chi connectivity index (χ3v) is 5.57. The first-order valence-corrected chi connectivity index (χ1v) is 10.4. The van der Waals surface area contributed by atoms with E-state index in [1.807, 2.05) is 13.2 Å². The van der Waals surface area contributed by atoms with Crippen LogP contribution in [0, 0.1) is 13.8 Å². The largest absolute Gasteiger partial charge is 0.378 e. The Labute approximate surface area is 198 Å². The molecule has 7 heteroatoms. The van der Waals surface area contributed by atoms with Crippen LogP contribution in [0.4, 0.5) is 11.5 Å². The molecule has 1 aromatic carbocycles. The third-order valence-electron chi connectivity index (χ3n) is 5.57. The lowest BCUT2D eigenvalue weighted by Gasteiger charge is -2.33. The summed E-state index contributed by atoms with van der Waals surface area (Å²) in [5.74, 6) is 1.95. The lowest BCUT2D eigenvalue weighted by Crippen LogP contribution is -2.48. The second-order valence-corrected chi connectivity index (χ2v) is 8.03. The molecule has 6 nitrogen and oxygen atoms in total. The summed E-state index contributed by atoms with van der Waals surface area (Å²) < 4.78 is 0. The average molecular weight is 522 g/mol. The van der Waals surface area contributed by atoms with Crippen molar-refractivity contribution in [2.75, 3.05) is 44.0 Å². The van der Waals surface area contributed by atoms with Gasteiger partial charge in [-0.1, -0.05) is 12.1 Å². The molecular formula is C23H35IN6. The molecule has 0 bridgehead atoms. The molecule has 1 aliphatic heterocycles. The van der Waals surface area contributed by atoms with Crippen molar-refractivity contribution in [1.29, 1.82) is 0 Å². The van der Waals surface area contributed by atoms with E-state index in [-0.39, 0.29) is 24.0 Å². The molecule has 1 fully saturated rings. The van der Waals surface area contributed by atoms with Crippen molar-refractivity contribution in [1.82, 2.24) is 15.6 Å². The predicted octanol–water partition coefficient (Wildman–Crippen LogP) is 3.72. The van der Waals surface area contributed by atoms with Gasteiger partial charge in [0.1, 0.15) is 5.82 Å². The number of hydrogen-bond acceptors (Lipinski definition) is 4. The van der Waals surface area contributed by atoms with Gasteiger partial charge < -0.3 is 20.4 Å². The van der Waals surface area contributed by atoms with Crippen molar-refractivity contribution in [3.8, 4) is 0 Å². The van der Waals surface area contributed by atoms with Crippen LogP contribution in [0.25, 0.3) is 0 Å². The van der Waals surface area contributed by atoms with Gasteiger partial charge in [-0.05, 0) is 61.6 Å². The highest BCUT2D eigenvalue weighted by Crippen LogP contribution is 2.19. The summed E-state index contributed by atoms with van der Waals surface area (Å²) in [6.07, 6.45) is 4.10. The monoisotopic (exact) mass is 522 g/mol. The molecule has 0 spiro atoms. The highest BCUT2D eigenvalue weighted by Gasteiger charge is 2.20. The van der Waals surface area contributed by atoms with Gasteiger partial charge in [0.15, 0.2) is 5.96 Å². The normalized spacial score (nSPS) is 14.8. The summed E-state index contributed by atoms with van der Waals surface area (Å²) in [7, 11) is 5.97. The van der Waals surface area contributed by atoms with E-state index in [1.54, 1.807) is 0 Å². The van der Waals surface area contributed by atoms with E-state index in [1.165, 1.54) is 22.4 Å². The van der Waals surface area contributed by atoms with Gasteiger partial charge in [-0.25, -0.2) is 4.98 Å². The van der Waals surface area contributed by atoms with Crippen LogP contribution in [-0.2, 0) is 6.54 Å². The lowest BCUT2D eigenvalue weighted by atomic mass is 10.1. The van der Waals surface area contributed by atoms with Crippen LogP contribution in [0.15, 0.2) is 41.5 Å². The van der Waals surface area contributed by atoms with Crippen LogP contribution in [0.2, 0.25) is 0 Å². The summed E-state index contributed by atoms with van der Waals surface area (Å²) in [6, 6.07) is 11.3. The standard InChI is InChI=1S/C23H34N6.HI/c1-17-6-9-22(25-15-17)29-12-10-20(11-13-29)27-23(24-3)26-16-19-7-8-21(28(4)5)14-18(19)2;/h6-9,14-15,20H,10-13,16H2,1-5H3,(H2,24,26,27);1H. The van der Waals surface area contributed by atoms with E-state index in [9.17, 15) is 0 Å². The Balaban J connectivity index is 0.00000320. The van der Waals surface area contributed by atoms with E-state index < -0.39 is 0 Å². The molecule has 1 saturated heterocycles. The Kier molecular flexibility index (Phi) is 9.20. The van der Waals surface area contributed by atoms with Crippen molar-refractivity contribution in [2.45, 2.75) is 39.3 Å². The Morgan fingerprint density at radius 3 is 2.47 bits per heavy atom. The second-order valence-electron chi connectivity index (χ2n) is 8.03. The van der Waals surface area contributed by atoms with Crippen LogP contribution < -0.4 is 20.4 Å². The fraction of sp³-hybridized carbons (Fsp3) is 0.478. The van der Waals surface area contributed by atoms with Gasteiger partial charge in [0, 0.05) is 58.7 Å². The second kappa shape index (κ2) is 11.4. The molecule has 0 atom stereocenters. The molecule has 0 amide bonds. The number of guanidine groups is 1. The fourth-order valence-corrected chi connectivity index (χ4v) is 3.62. The average Bonchev–Trinajstić information content (AvgIpc) is 2.72. The highest BCUT2D eigenvalue weighted by atomic mass is 127. The zero-order valence-corrected chi connectivity index (χ0v) is 21.1. The molecule has 2 heterocycles. The summed E-state index contributed by atoms with van der Waals surface area (Å²) >= 11 is 0.